The van der Waals surface area contributed by atoms with Crippen LogP contribution in [-0.4, -0.2) is 20.6 Å². The van der Waals surface area contributed by atoms with Crippen LogP contribution in [0.1, 0.15) is 53.6 Å². The van der Waals surface area contributed by atoms with Gasteiger partial charge in [-0.1, -0.05) is 0 Å². The van der Waals surface area contributed by atoms with E-state index >= 15 is 0 Å². The normalized spacial score (nSPS) is 20.0. The highest BCUT2D eigenvalue weighted by Gasteiger charge is 2.34. The zero-order chi connectivity index (χ0) is 10.4. The van der Waals surface area contributed by atoms with E-state index in [-0.39, 0.29) is 0 Å². The number of carboxylic acid groups (broad SMARTS) is 1. The topological polar surface area (TPSA) is 55.1 Å². The SMILES string of the molecule is O=C(O)c1c(C2CC2)nc2n1CCCC2. The fourth-order valence-corrected chi connectivity index (χ4v) is 2.37. The summed E-state index contributed by atoms with van der Waals surface area (Å²) in [5.74, 6) is 0.604. The van der Waals surface area contributed by atoms with E-state index in [1.807, 2.05) is 4.57 Å². The number of aryl methyl sites for hydroxylation is 1. The van der Waals surface area contributed by atoms with Gasteiger partial charge in [-0.05, 0) is 25.7 Å². The lowest BCUT2D eigenvalue weighted by atomic mass is 10.1. The molecule has 2 aliphatic rings. The Labute approximate surface area is 87.9 Å². The first-order valence-electron chi connectivity index (χ1n) is 5.60. The van der Waals surface area contributed by atoms with Crippen LogP contribution in [0.25, 0.3) is 0 Å². The van der Waals surface area contributed by atoms with E-state index < -0.39 is 5.97 Å². The van der Waals surface area contributed by atoms with Crippen LogP contribution in [0, 0.1) is 0 Å². The van der Waals surface area contributed by atoms with Gasteiger partial charge in [0.15, 0.2) is 5.69 Å². The molecule has 0 radical (unpaired) electrons. The molecule has 1 aliphatic carbocycles. The lowest BCUT2D eigenvalue weighted by molar-refractivity contribution is 0.0682. The number of hydrogen-bond acceptors (Lipinski definition) is 2. The summed E-state index contributed by atoms with van der Waals surface area (Å²) < 4.78 is 1.92. The van der Waals surface area contributed by atoms with E-state index in [0.29, 0.717) is 11.6 Å². The van der Waals surface area contributed by atoms with Gasteiger partial charge in [-0.25, -0.2) is 9.78 Å². The summed E-state index contributed by atoms with van der Waals surface area (Å²) in [6.45, 7) is 0.830. The zero-order valence-electron chi connectivity index (χ0n) is 8.57. The first kappa shape index (κ1) is 8.95. The molecule has 15 heavy (non-hydrogen) atoms. The van der Waals surface area contributed by atoms with Crippen LogP contribution in [0.5, 0.6) is 0 Å². The summed E-state index contributed by atoms with van der Waals surface area (Å²) in [7, 11) is 0. The summed E-state index contributed by atoms with van der Waals surface area (Å²) >= 11 is 0. The van der Waals surface area contributed by atoms with Gasteiger partial charge < -0.3 is 9.67 Å². The molecule has 1 fully saturated rings. The van der Waals surface area contributed by atoms with Crippen LogP contribution in [0.15, 0.2) is 0 Å². The Morgan fingerprint density at radius 1 is 1.40 bits per heavy atom. The van der Waals surface area contributed by atoms with Gasteiger partial charge in [0.25, 0.3) is 0 Å². The second-order valence-electron chi connectivity index (χ2n) is 4.45. The van der Waals surface area contributed by atoms with Gasteiger partial charge in [0.05, 0.1) is 5.69 Å². The Morgan fingerprint density at radius 2 is 2.20 bits per heavy atom. The average Bonchev–Trinajstić information content (AvgIpc) is 2.98. The molecule has 0 atom stereocenters. The molecule has 3 rings (SSSR count). The Morgan fingerprint density at radius 3 is 2.87 bits per heavy atom. The van der Waals surface area contributed by atoms with E-state index in [9.17, 15) is 9.90 Å². The molecular formula is C11H14N2O2. The second kappa shape index (κ2) is 3.08. The first-order chi connectivity index (χ1) is 7.27. The van der Waals surface area contributed by atoms with Crippen molar-refractivity contribution in [3.63, 3.8) is 0 Å². The number of rotatable bonds is 2. The molecule has 0 unspecified atom stereocenters. The Balaban J connectivity index is 2.13. The van der Waals surface area contributed by atoms with Crippen LogP contribution >= 0.6 is 0 Å². The van der Waals surface area contributed by atoms with Crippen molar-refractivity contribution in [2.45, 2.75) is 44.6 Å². The molecule has 0 spiro atoms. The number of fused-ring (bicyclic) bond motifs is 1. The summed E-state index contributed by atoms with van der Waals surface area (Å²) in [5, 5.41) is 9.23. The van der Waals surface area contributed by atoms with Crippen LogP contribution in [-0.2, 0) is 13.0 Å². The standard InChI is InChI=1S/C11H14N2O2/c14-11(15)10-9(7-4-5-7)12-8-3-1-2-6-13(8)10/h7H,1-6H2,(H,14,15). The molecule has 4 heteroatoms. The maximum absolute atomic E-state index is 11.2. The Bertz CT molecular complexity index is 418. The molecule has 0 amide bonds. The number of aromatic nitrogens is 2. The number of carboxylic acids is 1. The van der Waals surface area contributed by atoms with Crippen molar-refractivity contribution < 1.29 is 9.90 Å². The molecule has 0 saturated heterocycles. The van der Waals surface area contributed by atoms with Crippen molar-refractivity contribution in [1.82, 2.24) is 9.55 Å². The third kappa shape index (κ3) is 1.35. The fraction of sp³-hybridized carbons (Fsp3) is 0.636. The van der Waals surface area contributed by atoms with Crippen molar-refractivity contribution >= 4 is 5.97 Å². The smallest absolute Gasteiger partial charge is 0.354 e. The molecule has 1 saturated carbocycles. The van der Waals surface area contributed by atoms with Crippen molar-refractivity contribution in [3.05, 3.63) is 17.2 Å². The summed E-state index contributed by atoms with van der Waals surface area (Å²) in [5.41, 5.74) is 1.31. The molecule has 1 aliphatic heterocycles. The molecule has 80 valence electrons. The molecular weight excluding hydrogens is 192 g/mol. The van der Waals surface area contributed by atoms with Gasteiger partial charge in [-0.2, -0.15) is 0 Å². The Hall–Kier alpha value is -1.32. The highest BCUT2D eigenvalue weighted by molar-refractivity contribution is 5.87. The summed E-state index contributed by atoms with van der Waals surface area (Å²) in [4.78, 5) is 15.7. The van der Waals surface area contributed by atoms with Gasteiger partial charge in [0.1, 0.15) is 5.82 Å². The van der Waals surface area contributed by atoms with Gasteiger partial charge in [-0.15, -0.1) is 0 Å². The van der Waals surface area contributed by atoms with E-state index in [1.54, 1.807) is 0 Å². The van der Waals surface area contributed by atoms with Gasteiger partial charge >= 0.3 is 5.97 Å². The molecule has 1 N–H and O–H groups in total. The minimum absolute atomic E-state index is 0.425. The van der Waals surface area contributed by atoms with Crippen LogP contribution in [0.3, 0.4) is 0 Å². The lowest BCUT2D eigenvalue weighted by Crippen LogP contribution is -2.16. The van der Waals surface area contributed by atoms with Crippen LogP contribution < -0.4 is 0 Å². The largest absolute Gasteiger partial charge is 0.477 e. The molecule has 4 nitrogen and oxygen atoms in total. The van der Waals surface area contributed by atoms with Crippen molar-refractivity contribution in [1.29, 1.82) is 0 Å². The highest BCUT2D eigenvalue weighted by Crippen LogP contribution is 2.41. The quantitative estimate of drug-likeness (QED) is 0.802. The first-order valence-corrected chi connectivity index (χ1v) is 5.60. The summed E-state index contributed by atoms with van der Waals surface area (Å²) in [6, 6.07) is 0. The number of hydrogen-bond donors (Lipinski definition) is 1. The van der Waals surface area contributed by atoms with Crippen molar-refractivity contribution in [3.8, 4) is 0 Å². The minimum Gasteiger partial charge on any atom is -0.477 e. The maximum Gasteiger partial charge on any atom is 0.354 e. The van der Waals surface area contributed by atoms with Gasteiger partial charge in [0.2, 0.25) is 0 Å². The lowest BCUT2D eigenvalue weighted by Gasteiger charge is -2.14. The number of carbonyl (C=O) groups is 1. The number of nitrogens with zero attached hydrogens (tertiary/aromatic N) is 2. The molecule has 0 aromatic carbocycles. The number of imidazole rings is 1. The molecule has 1 aromatic heterocycles. The second-order valence-corrected chi connectivity index (χ2v) is 4.45. The summed E-state index contributed by atoms with van der Waals surface area (Å²) in [6.07, 6.45) is 5.37. The van der Waals surface area contributed by atoms with Crippen LogP contribution in [0.2, 0.25) is 0 Å². The minimum atomic E-state index is -0.808. The fourth-order valence-electron chi connectivity index (χ4n) is 2.37. The van der Waals surface area contributed by atoms with Gasteiger partial charge in [0, 0.05) is 18.9 Å². The molecule has 1 aromatic rings. The van der Waals surface area contributed by atoms with E-state index in [1.165, 1.54) is 0 Å². The zero-order valence-corrected chi connectivity index (χ0v) is 8.57. The monoisotopic (exact) mass is 206 g/mol. The van der Waals surface area contributed by atoms with Crippen molar-refractivity contribution in [2.24, 2.45) is 0 Å². The van der Waals surface area contributed by atoms with Crippen LogP contribution in [0.4, 0.5) is 0 Å². The maximum atomic E-state index is 11.2. The average molecular weight is 206 g/mol. The van der Waals surface area contributed by atoms with Crippen molar-refractivity contribution in [2.75, 3.05) is 0 Å². The third-order valence-corrected chi connectivity index (χ3v) is 3.27. The van der Waals surface area contributed by atoms with E-state index in [0.717, 1.165) is 50.2 Å². The molecule has 2 heterocycles. The third-order valence-electron chi connectivity index (χ3n) is 3.27. The molecule has 0 bridgehead atoms. The van der Waals surface area contributed by atoms with Gasteiger partial charge in [-0.3, -0.25) is 0 Å². The highest BCUT2D eigenvalue weighted by atomic mass is 16.4. The van der Waals surface area contributed by atoms with E-state index in [4.69, 9.17) is 0 Å². The predicted molar refractivity (Wildman–Crippen MR) is 54.1 cm³/mol. The predicted octanol–water partition coefficient (Wildman–Crippen LogP) is 1.79. The number of aromatic carboxylic acids is 1. The Kier molecular flexibility index (Phi) is 1.84. The van der Waals surface area contributed by atoms with E-state index in [2.05, 4.69) is 4.98 Å².